The maximum Gasteiger partial charge on any atom is 0.0700 e. The van der Waals surface area contributed by atoms with E-state index >= 15 is 0 Å². The summed E-state index contributed by atoms with van der Waals surface area (Å²) in [5, 5.41) is 0. The average molecular weight is 230 g/mol. The second-order valence-electron chi connectivity index (χ2n) is 4.56. The van der Waals surface area contributed by atoms with Crippen LogP contribution in [0.2, 0.25) is 0 Å². The molecule has 0 aromatic heterocycles. The third-order valence-corrected chi connectivity index (χ3v) is 3.40. The van der Waals surface area contributed by atoms with Crippen molar-refractivity contribution in [2.75, 3.05) is 46.6 Å². The van der Waals surface area contributed by atoms with E-state index in [9.17, 15) is 0 Å². The van der Waals surface area contributed by atoms with Crippen LogP contribution in [-0.2, 0) is 9.47 Å². The molecule has 1 rings (SSSR count). The predicted molar refractivity (Wildman–Crippen MR) is 65.5 cm³/mol. The molecule has 1 fully saturated rings. The van der Waals surface area contributed by atoms with Crippen molar-refractivity contribution in [3.05, 3.63) is 0 Å². The Labute approximate surface area is 99.1 Å². The lowest BCUT2D eigenvalue weighted by molar-refractivity contribution is 0.0643. The SMILES string of the molecule is COCCOCCCN1CCC(C)C1CN. The molecule has 96 valence electrons. The van der Waals surface area contributed by atoms with Crippen LogP contribution in [0, 0.1) is 5.92 Å². The molecule has 0 bridgehead atoms. The fraction of sp³-hybridized carbons (Fsp3) is 1.00. The monoisotopic (exact) mass is 230 g/mol. The predicted octanol–water partition coefficient (Wildman–Crippen LogP) is 0.709. The first-order valence-electron chi connectivity index (χ1n) is 6.30. The zero-order valence-electron chi connectivity index (χ0n) is 10.7. The molecule has 16 heavy (non-hydrogen) atoms. The quantitative estimate of drug-likeness (QED) is 0.624. The smallest absolute Gasteiger partial charge is 0.0700 e. The van der Waals surface area contributed by atoms with Gasteiger partial charge in [-0.3, -0.25) is 4.90 Å². The minimum atomic E-state index is 0.582. The summed E-state index contributed by atoms with van der Waals surface area (Å²) < 4.78 is 10.4. The molecule has 0 amide bonds. The molecule has 1 heterocycles. The lowest BCUT2D eigenvalue weighted by atomic mass is 10.0. The molecule has 0 radical (unpaired) electrons. The summed E-state index contributed by atoms with van der Waals surface area (Å²) in [7, 11) is 1.70. The van der Waals surface area contributed by atoms with E-state index < -0.39 is 0 Å². The molecule has 2 atom stereocenters. The topological polar surface area (TPSA) is 47.7 Å². The second-order valence-corrected chi connectivity index (χ2v) is 4.56. The number of methoxy groups -OCH3 is 1. The summed E-state index contributed by atoms with van der Waals surface area (Å²) in [6.45, 7) is 7.60. The van der Waals surface area contributed by atoms with Crippen molar-refractivity contribution in [3.8, 4) is 0 Å². The van der Waals surface area contributed by atoms with Gasteiger partial charge in [0.2, 0.25) is 0 Å². The number of nitrogens with two attached hydrogens (primary N) is 1. The molecule has 4 nitrogen and oxygen atoms in total. The van der Waals surface area contributed by atoms with E-state index in [1.165, 1.54) is 13.0 Å². The highest BCUT2D eigenvalue weighted by molar-refractivity contribution is 4.84. The van der Waals surface area contributed by atoms with Crippen LogP contribution < -0.4 is 5.73 Å². The summed E-state index contributed by atoms with van der Waals surface area (Å²) in [5.41, 5.74) is 5.80. The first-order valence-corrected chi connectivity index (χ1v) is 6.30. The van der Waals surface area contributed by atoms with E-state index in [0.717, 1.165) is 32.0 Å². The van der Waals surface area contributed by atoms with Crippen molar-refractivity contribution in [3.63, 3.8) is 0 Å². The summed E-state index contributed by atoms with van der Waals surface area (Å²) in [6, 6.07) is 0.582. The van der Waals surface area contributed by atoms with Crippen molar-refractivity contribution in [1.82, 2.24) is 4.90 Å². The molecule has 0 saturated carbocycles. The zero-order chi connectivity index (χ0) is 11.8. The Morgan fingerprint density at radius 3 is 2.81 bits per heavy atom. The number of likely N-dealkylation sites (tertiary alicyclic amines) is 1. The van der Waals surface area contributed by atoms with E-state index in [1.54, 1.807) is 7.11 Å². The minimum Gasteiger partial charge on any atom is -0.382 e. The minimum absolute atomic E-state index is 0.582. The maximum atomic E-state index is 5.80. The molecule has 2 unspecified atom stereocenters. The highest BCUT2D eigenvalue weighted by Crippen LogP contribution is 2.22. The Hall–Kier alpha value is -0.160. The molecular weight excluding hydrogens is 204 g/mol. The van der Waals surface area contributed by atoms with E-state index in [2.05, 4.69) is 11.8 Å². The molecule has 0 aromatic rings. The van der Waals surface area contributed by atoms with Gasteiger partial charge in [-0.2, -0.15) is 0 Å². The molecule has 1 aliphatic rings. The summed E-state index contributed by atoms with van der Waals surface area (Å²) in [4.78, 5) is 2.50. The number of hydrogen-bond acceptors (Lipinski definition) is 4. The molecule has 2 N–H and O–H groups in total. The van der Waals surface area contributed by atoms with Gasteiger partial charge in [-0.05, 0) is 25.3 Å². The van der Waals surface area contributed by atoms with Crippen molar-refractivity contribution < 1.29 is 9.47 Å². The fourth-order valence-electron chi connectivity index (χ4n) is 2.36. The number of rotatable bonds is 8. The third-order valence-electron chi connectivity index (χ3n) is 3.40. The normalized spacial score (nSPS) is 26.4. The van der Waals surface area contributed by atoms with Crippen LogP contribution in [0.15, 0.2) is 0 Å². The molecule has 0 aliphatic carbocycles. The molecule has 0 spiro atoms. The third kappa shape index (κ3) is 4.37. The highest BCUT2D eigenvalue weighted by Gasteiger charge is 2.28. The standard InChI is InChI=1S/C12H26N2O2/c1-11-4-6-14(12(11)10-13)5-3-7-16-9-8-15-2/h11-12H,3-10,13H2,1-2H3. The molecular formula is C12H26N2O2. The van der Waals surface area contributed by atoms with E-state index in [-0.39, 0.29) is 0 Å². The fourth-order valence-corrected chi connectivity index (χ4v) is 2.36. The summed E-state index contributed by atoms with van der Waals surface area (Å²) in [6.07, 6.45) is 2.37. The Morgan fingerprint density at radius 2 is 2.12 bits per heavy atom. The van der Waals surface area contributed by atoms with Gasteiger partial charge < -0.3 is 15.2 Å². The van der Waals surface area contributed by atoms with E-state index in [0.29, 0.717) is 19.3 Å². The van der Waals surface area contributed by atoms with Gasteiger partial charge in [-0.1, -0.05) is 6.92 Å². The number of hydrogen-bond donors (Lipinski definition) is 1. The van der Waals surface area contributed by atoms with Gasteiger partial charge in [0.05, 0.1) is 13.2 Å². The first-order chi connectivity index (χ1) is 7.79. The first kappa shape index (κ1) is 13.9. The lowest BCUT2D eigenvalue weighted by Gasteiger charge is -2.25. The van der Waals surface area contributed by atoms with Crippen LogP contribution in [0.1, 0.15) is 19.8 Å². The van der Waals surface area contributed by atoms with E-state index in [4.69, 9.17) is 15.2 Å². The molecule has 1 aliphatic heterocycles. The Bertz CT molecular complexity index is 178. The largest absolute Gasteiger partial charge is 0.382 e. The second kappa shape index (κ2) is 8.01. The molecule has 1 saturated heterocycles. The number of ether oxygens (including phenoxy) is 2. The number of nitrogens with zero attached hydrogens (tertiary/aromatic N) is 1. The van der Waals surface area contributed by atoms with Crippen LogP contribution in [0.3, 0.4) is 0 Å². The van der Waals surface area contributed by atoms with Crippen LogP contribution in [0.4, 0.5) is 0 Å². The van der Waals surface area contributed by atoms with Gasteiger partial charge in [-0.25, -0.2) is 0 Å². The van der Waals surface area contributed by atoms with Crippen LogP contribution in [0.5, 0.6) is 0 Å². The van der Waals surface area contributed by atoms with Crippen molar-refractivity contribution in [2.24, 2.45) is 11.7 Å². The van der Waals surface area contributed by atoms with Gasteiger partial charge in [0.1, 0.15) is 0 Å². The molecule has 0 aromatic carbocycles. The highest BCUT2D eigenvalue weighted by atomic mass is 16.5. The van der Waals surface area contributed by atoms with Crippen molar-refractivity contribution in [2.45, 2.75) is 25.8 Å². The van der Waals surface area contributed by atoms with Crippen molar-refractivity contribution in [1.29, 1.82) is 0 Å². The average Bonchev–Trinajstić information content (AvgIpc) is 2.64. The Balaban J connectivity index is 2.04. The molecule has 4 heteroatoms. The van der Waals surface area contributed by atoms with Gasteiger partial charge in [0.25, 0.3) is 0 Å². The zero-order valence-corrected chi connectivity index (χ0v) is 10.7. The Kier molecular flexibility index (Phi) is 6.96. The van der Waals surface area contributed by atoms with Crippen LogP contribution in [0.25, 0.3) is 0 Å². The summed E-state index contributed by atoms with van der Waals surface area (Å²) in [5.74, 6) is 0.749. The lowest BCUT2D eigenvalue weighted by Crippen LogP contribution is -2.39. The van der Waals surface area contributed by atoms with Crippen LogP contribution >= 0.6 is 0 Å². The van der Waals surface area contributed by atoms with Gasteiger partial charge >= 0.3 is 0 Å². The van der Waals surface area contributed by atoms with Gasteiger partial charge in [0, 0.05) is 32.8 Å². The van der Waals surface area contributed by atoms with Crippen molar-refractivity contribution >= 4 is 0 Å². The Morgan fingerprint density at radius 1 is 1.31 bits per heavy atom. The van der Waals surface area contributed by atoms with Crippen LogP contribution in [-0.4, -0.2) is 57.5 Å². The van der Waals surface area contributed by atoms with Gasteiger partial charge in [0.15, 0.2) is 0 Å². The maximum absolute atomic E-state index is 5.80. The van der Waals surface area contributed by atoms with Gasteiger partial charge in [-0.15, -0.1) is 0 Å². The van der Waals surface area contributed by atoms with E-state index in [1.807, 2.05) is 0 Å². The summed E-state index contributed by atoms with van der Waals surface area (Å²) >= 11 is 0.